The zero-order valence-electron chi connectivity index (χ0n) is 13.7. The van der Waals surface area contributed by atoms with Crippen LogP contribution in [0.5, 0.6) is 0 Å². The van der Waals surface area contributed by atoms with E-state index in [1.54, 1.807) is 26.2 Å². The number of unbranched alkanes of at least 4 members (excludes halogenated alkanes) is 1. The van der Waals surface area contributed by atoms with Gasteiger partial charge in [0.25, 0.3) is 11.6 Å². The zero-order valence-corrected chi connectivity index (χ0v) is 13.7. The summed E-state index contributed by atoms with van der Waals surface area (Å²) < 4.78 is 0. The number of nitro benzene ring substituents is 1. The average Bonchev–Trinajstić information content (AvgIpc) is 3.26. The summed E-state index contributed by atoms with van der Waals surface area (Å²) in [5, 5.41) is 14.7. The third kappa shape index (κ3) is 3.98. The van der Waals surface area contributed by atoms with Crippen LogP contribution in [-0.4, -0.2) is 41.9 Å². The molecule has 0 bridgehead atoms. The SMILES string of the molecule is CN(C)C(=O)c1cccc([N+](=O)[O-])c1NC1(CCCCN)CC1. The fourth-order valence-electron chi connectivity index (χ4n) is 2.70. The molecule has 2 rings (SSSR count). The van der Waals surface area contributed by atoms with Crippen LogP contribution in [0, 0.1) is 10.1 Å². The van der Waals surface area contributed by atoms with Crippen LogP contribution in [0.4, 0.5) is 11.4 Å². The second-order valence-corrected chi connectivity index (χ2v) is 6.31. The van der Waals surface area contributed by atoms with Crippen LogP contribution in [0.2, 0.25) is 0 Å². The third-order valence-electron chi connectivity index (χ3n) is 4.23. The maximum Gasteiger partial charge on any atom is 0.293 e. The lowest BCUT2D eigenvalue weighted by atomic mass is 10.0. The van der Waals surface area contributed by atoms with E-state index >= 15 is 0 Å². The van der Waals surface area contributed by atoms with Gasteiger partial charge in [-0.1, -0.05) is 6.07 Å². The molecule has 0 spiro atoms. The van der Waals surface area contributed by atoms with Gasteiger partial charge in [-0.15, -0.1) is 0 Å². The number of carbonyl (C=O) groups excluding carboxylic acids is 1. The molecule has 3 N–H and O–H groups in total. The van der Waals surface area contributed by atoms with Gasteiger partial charge in [0, 0.05) is 25.7 Å². The van der Waals surface area contributed by atoms with Gasteiger partial charge in [0.2, 0.25) is 0 Å². The second-order valence-electron chi connectivity index (χ2n) is 6.31. The van der Waals surface area contributed by atoms with Crippen LogP contribution < -0.4 is 11.1 Å². The molecule has 1 aromatic rings. The van der Waals surface area contributed by atoms with Crippen molar-refractivity contribution < 1.29 is 9.72 Å². The number of nitrogens with two attached hydrogens (primary N) is 1. The molecular formula is C16H24N4O3. The molecule has 0 aliphatic heterocycles. The highest BCUT2D eigenvalue weighted by Crippen LogP contribution is 2.45. The lowest BCUT2D eigenvalue weighted by Crippen LogP contribution is -2.27. The topological polar surface area (TPSA) is 102 Å². The molecule has 1 saturated carbocycles. The average molecular weight is 320 g/mol. The van der Waals surface area contributed by atoms with Crippen LogP contribution in [0.25, 0.3) is 0 Å². The van der Waals surface area contributed by atoms with Gasteiger partial charge >= 0.3 is 0 Å². The van der Waals surface area contributed by atoms with Gasteiger partial charge < -0.3 is 16.0 Å². The van der Waals surface area contributed by atoms with Gasteiger partial charge in [-0.2, -0.15) is 0 Å². The van der Waals surface area contributed by atoms with Gasteiger partial charge in [0.1, 0.15) is 5.69 Å². The molecule has 0 unspecified atom stereocenters. The molecule has 0 saturated heterocycles. The van der Waals surface area contributed by atoms with E-state index in [0.29, 0.717) is 17.8 Å². The summed E-state index contributed by atoms with van der Waals surface area (Å²) in [5.74, 6) is -0.242. The Kier molecular flexibility index (Phi) is 5.20. The summed E-state index contributed by atoms with van der Waals surface area (Å²) in [5.41, 5.74) is 6.02. The standard InChI is InChI=1S/C16H24N4O3/c1-19(2)15(21)12-6-5-7-13(20(22)23)14(12)18-16(9-10-16)8-3-4-11-17/h5-7,18H,3-4,8-11,17H2,1-2H3. The van der Waals surface area contributed by atoms with Crippen molar-refractivity contribution in [1.82, 2.24) is 4.90 Å². The first-order chi connectivity index (χ1) is 10.9. The maximum absolute atomic E-state index is 12.4. The van der Waals surface area contributed by atoms with Gasteiger partial charge in [-0.3, -0.25) is 14.9 Å². The van der Waals surface area contributed by atoms with Gasteiger partial charge in [0.05, 0.1) is 10.5 Å². The van der Waals surface area contributed by atoms with E-state index in [1.165, 1.54) is 11.0 Å². The first kappa shape index (κ1) is 17.2. The van der Waals surface area contributed by atoms with E-state index in [2.05, 4.69) is 5.32 Å². The number of anilines is 1. The minimum absolute atomic E-state index is 0.0530. The number of hydrogen-bond acceptors (Lipinski definition) is 5. The van der Waals surface area contributed by atoms with Crippen LogP contribution in [-0.2, 0) is 0 Å². The highest BCUT2D eigenvalue weighted by molar-refractivity contribution is 6.01. The number of hydrogen-bond donors (Lipinski definition) is 2. The number of carbonyl (C=O) groups is 1. The molecule has 1 aliphatic rings. The Balaban J connectivity index is 2.31. The van der Waals surface area contributed by atoms with E-state index < -0.39 is 4.92 Å². The molecule has 7 nitrogen and oxygen atoms in total. The second kappa shape index (κ2) is 6.95. The van der Waals surface area contributed by atoms with Crippen molar-refractivity contribution in [3.05, 3.63) is 33.9 Å². The molecule has 0 aromatic heterocycles. The van der Waals surface area contributed by atoms with Crippen molar-refractivity contribution in [3.8, 4) is 0 Å². The summed E-state index contributed by atoms with van der Waals surface area (Å²) in [4.78, 5) is 24.7. The van der Waals surface area contributed by atoms with E-state index in [1.807, 2.05) is 0 Å². The molecular weight excluding hydrogens is 296 g/mol. The predicted octanol–water partition coefficient (Wildman–Crippen LogP) is 2.37. The number of nitrogens with one attached hydrogen (secondary N) is 1. The normalized spacial score (nSPS) is 15.1. The lowest BCUT2D eigenvalue weighted by Gasteiger charge is -2.21. The Labute approximate surface area is 136 Å². The van der Waals surface area contributed by atoms with Gasteiger partial charge in [-0.25, -0.2) is 0 Å². The van der Waals surface area contributed by atoms with Crippen molar-refractivity contribution in [1.29, 1.82) is 0 Å². The molecule has 0 atom stereocenters. The Morgan fingerprint density at radius 1 is 1.39 bits per heavy atom. The summed E-state index contributed by atoms with van der Waals surface area (Å²) in [6, 6.07) is 4.62. The maximum atomic E-state index is 12.4. The third-order valence-corrected chi connectivity index (χ3v) is 4.23. The molecule has 1 aliphatic carbocycles. The predicted molar refractivity (Wildman–Crippen MR) is 89.6 cm³/mol. The van der Waals surface area contributed by atoms with E-state index in [-0.39, 0.29) is 17.1 Å². The number of para-hydroxylation sites is 1. The summed E-state index contributed by atoms with van der Waals surface area (Å²) >= 11 is 0. The highest BCUT2D eigenvalue weighted by Gasteiger charge is 2.43. The fourth-order valence-corrected chi connectivity index (χ4v) is 2.70. The number of rotatable bonds is 8. The molecule has 23 heavy (non-hydrogen) atoms. The van der Waals surface area contributed by atoms with E-state index in [9.17, 15) is 14.9 Å². The monoisotopic (exact) mass is 320 g/mol. The highest BCUT2D eigenvalue weighted by atomic mass is 16.6. The summed E-state index contributed by atoms with van der Waals surface area (Å²) in [7, 11) is 3.28. The molecule has 0 radical (unpaired) electrons. The van der Waals surface area contributed by atoms with Crippen molar-refractivity contribution in [2.75, 3.05) is 26.0 Å². The summed E-state index contributed by atoms with van der Waals surface area (Å²) in [6.45, 7) is 0.645. The molecule has 0 heterocycles. The number of amides is 1. The zero-order chi connectivity index (χ0) is 17.0. The van der Waals surface area contributed by atoms with Gasteiger partial charge in [0.15, 0.2) is 0 Å². The van der Waals surface area contributed by atoms with Gasteiger partial charge in [-0.05, 0) is 44.7 Å². The van der Waals surface area contributed by atoms with Crippen LogP contribution in [0.1, 0.15) is 42.5 Å². The minimum Gasteiger partial charge on any atom is -0.373 e. The Morgan fingerprint density at radius 3 is 2.61 bits per heavy atom. The summed E-state index contributed by atoms with van der Waals surface area (Å²) in [6.07, 6.45) is 4.73. The number of nitrogens with zero attached hydrogens (tertiary/aromatic N) is 2. The molecule has 126 valence electrons. The van der Waals surface area contributed by atoms with Crippen molar-refractivity contribution in [3.63, 3.8) is 0 Å². The lowest BCUT2D eigenvalue weighted by molar-refractivity contribution is -0.384. The van der Waals surface area contributed by atoms with Crippen molar-refractivity contribution >= 4 is 17.3 Å². The number of benzene rings is 1. The van der Waals surface area contributed by atoms with Crippen LogP contribution in [0.15, 0.2) is 18.2 Å². The molecule has 1 amide bonds. The van der Waals surface area contributed by atoms with Crippen molar-refractivity contribution in [2.45, 2.75) is 37.6 Å². The minimum atomic E-state index is -0.440. The van der Waals surface area contributed by atoms with Crippen LogP contribution >= 0.6 is 0 Å². The molecule has 7 heteroatoms. The number of nitro groups is 1. The first-order valence-electron chi connectivity index (χ1n) is 7.87. The smallest absolute Gasteiger partial charge is 0.293 e. The van der Waals surface area contributed by atoms with Crippen molar-refractivity contribution in [2.24, 2.45) is 5.73 Å². The fraction of sp³-hybridized carbons (Fsp3) is 0.562. The van der Waals surface area contributed by atoms with E-state index in [4.69, 9.17) is 5.73 Å². The van der Waals surface area contributed by atoms with E-state index in [0.717, 1.165) is 32.1 Å². The Bertz CT molecular complexity index is 597. The Morgan fingerprint density at radius 2 is 2.09 bits per heavy atom. The molecule has 1 aromatic carbocycles. The quantitative estimate of drug-likeness (QED) is 0.435. The Hall–Kier alpha value is -2.15. The van der Waals surface area contributed by atoms with Crippen LogP contribution in [0.3, 0.4) is 0 Å². The first-order valence-corrected chi connectivity index (χ1v) is 7.87. The largest absolute Gasteiger partial charge is 0.373 e. The molecule has 1 fully saturated rings.